The van der Waals surface area contributed by atoms with Crippen molar-refractivity contribution in [2.24, 2.45) is 5.92 Å². The van der Waals surface area contributed by atoms with Gasteiger partial charge in [-0.25, -0.2) is 14.8 Å². The number of benzene rings is 1. The fourth-order valence-corrected chi connectivity index (χ4v) is 4.08. The molecule has 1 saturated carbocycles. The molecule has 0 spiro atoms. The molecule has 1 aliphatic rings. The second kappa shape index (κ2) is 8.27. The maximum absolute atomic E-state index is 12.0. The van der Waals surface area contributed by atoms with Gasteiger partial charge in [-0.05, 0) is 51.8 Å². The van der Waals surface area contributed by atoms with E-state index in [1.165, 1.54) is 23.3 Å². The number of ether oxygens (including phenoxy) is 2. The van der Waals surface area contributed by atoms with E-state index in [9.17, 15) is 14.7 Å². The lowest BCUT2D eigenvalue weighted by atomic mass is 10.1. The molecule has 10 heteroatoms. The van der Waals surface area contributed by atoms with Crippen LogP contribution < -0.4 is 19.7 Å². The Morgan fingerprint density at radius 2 is 1.91 bits per heavy atom. The van der Waals surface area contributed by atoms with Crippen LogP contribution in [-0.4, -0.2) is 39.7 Å². The number of carbonyl (C=O) groups is 2. The predicted octanol–water partition coefficient (Wildman–Crippen LogP) is 5.12. The predicted molar refractivity (Wildman–Crippen MR) is 122 cm³/mol. The highest BCUT2D eigenvalue weighted by Crippen LogP contribution is 2.38. The van der Waals surface area contributed by atoms with Gasteiger partial charge in [0.2, 0.25) is 11.8 Å². The number of carbonyl (C=O) groups excluding carboxylic acids is 1. The number of pyridine rings is 1. The molecule has 1 aliphatic carbocycles. The summed E-state index contributed by atoms with van der Waals surface area (Å²) in [5.41, 5.74) is 0.447. The molecule has 2 N–H and O–H groups in total. The van der Waals surface area contributed by atoms with Crippen LogP contribution in [0.25, 0.3) is 10.3 Å². The van der Waals surface area contributed by atoms with Gasteiger partial charge in [0.05, 0.1) is 12.8 Å². The van der Waals surface area contributed by atoms with Gasteiger partial charge in [-0.1, -0.05) is 11.3 Å². The topological polar surface area (TPSA) is 114 Å². The second-order valence-corrected chi connectivity index (χ2v) is 9.46. The van der Waals surface area contributed by atoms with Crippen LogP contribution in [0.2, 0.25) is 0 Å². The van der Waals surface area contributed by atoms with Crippen LogP contribution in [0.3, 0.4) is 0 Å². The molecule has 0 bridgehead atoms. The van der Waals surface area contributed by atoms with Gasteiger partial charge in [-0.15, -0.1) is 0 Å². The standard InChI is InChI=1S/C22H24N4O5S/c1-22(2,3)26(21(28)29)13-7-9-15(30-4)16(11-13)31-17-10-8-14-19(24-17)32-20(23-14)25-18(27)12-5-6-12/h7-12H,5-6H2,1-4H3,(H,28,29)(H,23,25,27). The summed E-state index contributed by atoms with van der Waals surface area (Å²) < 4.78 is 11.4. The molecule has 2 amide bonds. The van der Waals surface area contributed by atoms with E-state index in [1.54, 1.807) is 30.3 Å². The summed E-state index contributed by atoms with van der Waals surface area (Å²) in [6, 6.07) is 8.36. The SMILES string of the molecule is COc1ccc(N(C(=O)O)C(C)(C)C)cc1Oc1ccc2nc(NC(=O)C3CC3)sc2n1. The highest BCUT2D eigenvalue weighted by atomic mass is 32.1. The third kappa shape index (κ3) is 4.59. The summed E-state index contributed by atoms with van der Waals surface area (Å²) in [6.07, 6.45) is 0.767. The van der Waals surface area contributed by atoms with Crippen LogP contribution in [0.5, 0.6) is 17.4 Å². The summed E-state index contributed by atoms with van der Waals surface area (Å²) >= 11 is 1.27. The summed E-state index contributed by atoms with van der Waals surface area (Å²) in [6.45, 7) is 5.43. The van der Waals surface area contributed by atoms with Crippen molar-refractivity contribution in [1.82, 2.24) is 9.97 Å². The van der Waals surface area contributed by atoms with Crippen molar-refractivity contribution < 1.29 is 24.2 Å². The van der Waals surface area contributed by atoms with E-state index in [2.05, 4.69) is 15.3 Å². The van der Waals surface area contributed by atoms with E-state index in [1.807, 2.05) is 20.8 Å². The lowest BCUT2D eigenvalue weighted by Gasteiger charge is -2.33. The van der Waals surface area contributed by atoms with E-state index in [4.69, 9.17) is 9.47 Å². The van der Waals surface area contributed by atoms with Crippen molar-refractivity contribution in [1.29, 1.82) is 0 Å². The first-order valence-corrected chi connectivity index (χ1v) is 10.9. The van der Waals surface area contributed by atoms with Crippen molar-refractivity contribution in [3.05, 3.63) is 30.3 Å². The van der Waals surface area contributed by atoms with Crippen LogP contribution in [0.15, 0.2) is 30.3 Å². The molecule has 32 heavy (non-hydrogen) atoms. The van der Waals surface area contributed by atoms with E-state index in [0.717, 1.165) is 12.8 Å². The number of hydrogen-bond acceptors (Lipinski definition) is 7. The van der Waals surface area contributed by atoms with E-state index < -0.39 is 11.6 Å². The molecule has 168 valence electrons. The lowest BCUT2D eigenvalue weighted by Crippen LogP contribution is -2.45. The smallest absolute Gasteiger partial charge is 0.412 e. The summed E-state index contributed by atoms with van der Waals surface area (Å²) in [7, 11) is 1.51. The van der Waals surface area contributed by atoms with Gasteiger partial charge in [-0.2, -0.15) is 0 Å². The summed E-state index contributed by atoms with van der Waals surface area (Å²) in [5.74, 6) is 1.15. The quantitative estimate of drug-likeness (QED) is 0.529. The van der Waals surface area contributed by atoms with Crippen molar-refractivity contribution in [3.8, 4) is 17.4 Å². The summed E-state index contributed by atoms with van der Waals surface area (Å²) in [4.78, 5) is 34.6. The second-order valence-electron chi connectivity index (χ2n) is 8.48. The maximum atomic E-state index is 12.0. The molecule has 0 radical (unpaired) electrons. The molecule has 0 saturated heterocycles. The molecule has 1 aromatic carbocycles. The molecular formula is C22H24N4O5S. The Labute approximate surface area is 189 Å². The molecule has 0 atom stereocenters. The minimum atomic E-state index is -1.07. The van der Waals surface area contributed by atoms with Gasteiger partial charge < -0.3 is 19.9 Å². The van der Waals surface area contributed by atoms with Crippen molar-refractivity contribution in [2.75, 3.05) is 17.3 Å². The third-order valence-corrected chi connectivity index (χ3v) is 5.77. The Kier molecular flexibility index (Phi) is 5.64. The number of hydrogen-bond donors (Lipinski definition) is 2. The number of thiazole rings is 1. The molecule has 0 unspecified atom stereocenters. The van der Waals surface area contributed by atoms with Crippen LogP contribution >= 0.6 is 11.3 Å². The van der Waals surface area contributed by atoms with E-state index in [-0.39, 0.29) is 11.8 Å². The molecule has 1 fully saturated rings. The largest absolute Gasteiger partial charge is 0.493 e. The fraction of sp³-hybridized carbons (Fsp3) is 0.364. The number of rotatable bonds is 6. The highest BCUT2D eigenvalue weighted by Gasteiger charge is 2.30. The molecule has 4 rings (SSSR count). The Morgan fingerprint density at radius 1 is 1.16 bits per heavy atom. The number of carboxylic acid groups (broad SMARTS) is 1. The number of nitrogens with zero attached hydrogens (tertiary/aromatic N) is 3. The number of amides is 2. The Morgan fingerprint density at radius 3 is 2.53 bits per heavy atom. The minimum absolute atomic E-state index is 0.0103. The first kappa shape index (κ1) is 21.8. The van der Waals surface area contributed by atoms with Gasteiger partial charge >= 0.3 is 6.09 Å². The van der Waals surface area contributed by atoms with Gasteiger partial charge in [0.25, 0.3) is 0 Å². The van der Waals surface area contributed by atoms with Gasteiger partial charge in [0.1, 0.15) is 10.3 Å². The molecular weight excluding hydrogens is 432 g/mol. The molecule has 0 aliphatic heterocycles. The average molecular weight is 457 g/mol. The van der Waals surface area contributed by atoms with Crippen molar-refractivity contribution >= 4 is 44.5 Å². The van der Waals surface area contributed by atoms with Crippen LogP contribution in [0.4, 0.5) is 15.6 Å². The number of fused-ring (bicyclic) bond motifs is 1. The Hall–Kier alpha value is -3.40. The zero-order chi connectivity index (χ0) is 23.0. The van der Waals surface area contributed by atoms with Crippen molar-refractivity contribution in [3.63, 3.8) is 0 Å². The fourth-order valence-electron chi connectivity index (χ4n) is 3.24. The maximum Gasteiger partial charge on any atom is 0.412 e. The zero-order valence-corrected chi connectivity index (χ0v) is 19.0. The Balaban J connectivity index is 1.62. The number of nitrogens with one attached hydrogen (secondary N) is 1. The van der Waals surface area contributed by atoms with Crippen LogP contribution in [0.1, 0.15) is 33.6 Å². The van der Waals surface area contributed by atoms with Gasteiger partial charge in [0, 0.05) is 23.6 Å². The third-order valence-electron chi connectivity index (χ3n) is 4.89. The van der Waals surface area contributed by atoms with Crippen molar-refractivity contribution in [2.45, 2.75) is 39.2 Å². The van der Waals surface area contributed by atoms with Crippen LogP contribution in [-0.2, 0) is 4.79 Å². The van der Waals surface area contributed by atoms with E-state index in [0.29, 0.717) is 38.5 Å². The molecule has 2 heterocycles. The summed E-state index contributed by atoms with van der Waals surface area (Å²) in [5, 5.41) is 13.0. The monoisotopic (exact) mass is 456 g/mol. The van der Waals surface area contributed by atoms with E-state index >= 15 is 0 Å². The van der Waals surface area contributed by atoms with Crippen LogP contribution in [0, 0.1) is 5.92 Å². The highest BCUT2D eigenvalue weighted by molar-refractivity contribution is 7.21. The van der Waals surface area contributed by atoms with Gasteiger partial charge in [0.15, 0.2) is 16.6 Å². The Bertz CT molecular complexity index is 1180. The number of methoxy groups -OCH3 is 1. The molecule has 3 aromatic rings. The number of aromatic nitrogens is 2. The zero-order valence-electron chi connectivity index (χ0n) is 18.2. The first-order valence-electron chi connectivity index (χ1n) is 10.1. The average Bonchev–Trinajstić information content (AvgIpc) is 3.48. The number of anilines is 2. The lowest BCUT2D eigenvalue weighted by molar-refractivity contribution is -0.117. The first-order chi connectivity index (χ1) is 15.2. The minimum Gasteiger partial charge on any atom is -0.493 e. The molecule has 9 nitrogen and oxygen atoms in total. The van der Waals surface area contributed by atoms with Gasteiger partial charge in [-0.3, -0.25) is 9.69 Å². The molecule has 2 aromatic heterocycles. The normalized spacial score (nSPS) is 13.6.